The molecule has 3 nitrogen and oxygen atoms in total. The molecule has 0 bridgehead atoms. The molecule has 0 aliphatic carbocycles. The van der Waals surface area contributed by atoms with Crippen molar-refractivity contribution < 1.29 is 0 Å². The molecule has 19 heavy (non-hydrogen) atoms. The van der Waals surface area contributed by atoms with Crippen LogP contribution in [0.2, 0.25) is 4.34 Å². The summed E-state index contributed by atoms with van der Waals surface area (Å²) in [6.45, 7) is 0.783. The number of halogens is 1. The van der Waals surface area contributed by atoms with Crippen LogP contribution < -0.4 is 5.32 Å². The number of anilines is 1. The first kappa shape index (κ1) is 12.3. The molecule has 96 valence electrons. The average molecular weight is 290 g/mol. The molecule has 3 rings (SSSR count). The summed E-state index contributed by atoms with van der Waals surface area (Å²) < 4.78 is 2.80. The van der Waals surface area contributed by atoms with Crippen molar-refractivity contribution in [2.75, 3.05) is 5.32 Å². The standard InChI is InChI=1S/C14H12ClN3S/c15-14-5-4-13(19-14)9-17-11-2-1-3-12(8-11)18-7-6-16-10-18/h1-8,10,17H,9H2. The van der Waals surface area contributed by atoms with Crippen LogP contribution in [0.3, 0.4) is 0 Å². The summed E-state index contributed by atoms with van der Waals surface area (Å²) in [5.41, 5.74) is 2.17. The normalized spacial score (nSPS) is 10.6. The minimum Gasteiger partial charge on any atom is -0.380 e. The first-order chi connectivity index (χ1) is 9.31. The van der Waals surface area contributed by atoms with Gasteiger partial charge in [0, 0.05) is 35.2 Å². The van der Waals surface area contributed by atoms with Crippen LogP contribution in [0.1, 0.15) is 4.88 Å². The van der Waals surface area contributed by atoms with Gasteiger partial charge in [0.15, 0.2) is 0 Å². The summed E-state index contributed by atoms with van der Waals surface area (Å²) >= 11 is 7.51. The highest BCUT2D eigenvalue weighted by Crippen LogP contribution is 2.22. The van der Waals surface area contributed by atoms with E-state index < -0.39 is 0 Å². The molecule has 1 aromatic carbocycles. The molecule has 1 N–H and O–H groups in total. The summed E-state index contributed by atoms with van der Waals surface area (Å²) in [5.74, 6) is 0. The molecular weight excluding hydrogens is 278 g/mol. The second-order valence-corrected chi connectivity index (χ2v) is 5.88. The first-order valence-electron chi connectivity index (χ1n) is 5.88. The van der Waals surface area contributed by atoms with Crippen molar-refractivity contribution >= 4 is 28.6 Å². The molecule has 0 amide bonds. The van der Waals surface area contributed by atoms with Crippen molar-refractivity contribution in [2.45, 2.75) is 6.54 Å². The largest absolute Gasteiger partial charge is 0.380 e. The van der Waals surface area contributed by atoms with Gasteiger partial charge in [-0.3, -0.25) is 0 Å². The van der Waals surface area contributed by atoms with Gasteiger partial charge in [-0.05, 0) is 30.3 Å². The number of nitrogens with one attached hydrogen (secondary N) is 1. The van der Waals surface area contributed by atoms with Gasteiger partial charge in [-0.1, -0.05) is 17.7 Å². The van der Waals surface area contributed by atoms with Gasteiger partial charge >= 0.3 is 0 Å². The maximum Gasteiger partial charge on any atom is 0.0991 e. The number of benzene rings is 1. The summed E-state index contributed by atoms with van der Waals surface area (Å²) in [6, 6.07) is 12.2. The van der Waals surface area contributed by atoms with Crippen LogP contribution in [-0.4, -0.2) is 9.55 Å². The molecule has 2 aromatic heterocycles. The molecule has 0 atom stereocenters. The lowest BCUT2D eigenvalue weighted by molar-refractivity contribution is 1.05. The van der Waals surface area contributed by atoms with Crippen LogP contribution >= 0.6 is 22.9 Å². The predicted octanol–water partition coefficient (Wildman–Crippen LogP) is 4.20. The lowest BCUT2D eigenvalue weighted by Crippen LogP contribution is -1.98. The topological polar surface area (TPSA) is 29.9 Å². The molecule has 0 saturated heterocycles. The lowest BCUT2D eigenvalue weighted by atomic mass is 10.2. The van der Waals surface area contributed by atoms with Crippen LogP contribution in [0.4, 0.5) is 5.69 Å². The molecule has 2 heterocycles. The van der Waals surface area contributed by atoms with Crippen molar-refractivity contribution in [1.29, 1.82) is 0 Å². The number of hydrogen-bond acceptors (Lipinski definition) is 3. The number of hydrogen-bond donors (Lipinski definition) is 1. The van der Waals surface area contributed by atoms with Gasteiger partial charge < -0.3 is 9.88 Å². The van der Waals surface area contributed by atoms with Crippen LogP contribution in [0.25, 0.3) is 5.69 Å². The van der Waals surface area contributed by atoms with Crippen LogP contribution in [0.5, 0.6) is 0 Å². The maximum absolute atomic E-state index is 5.92. The summed E-state index contributed by atoms with van der Waals surface area (Å²) in [5, 5.41) is 3.39. The number of aromatic nitrogens is 2. The molecular formula is C14H12ClN3S. The van der Waals surface area contributed by atoms with E-state index in [1.165, 1.54) is 4.88 Å². The van der Waals surface area contributed by atoms with E-state index >= 15 is 0 Å². The van der Waals surface area contributed by atoms with Gasteiger partial charge in [-0.15, -0.1) is 11.3 Å². The molecule has 0 aliphatic rings. The molecule has 0 saturated carbocycles. The number of thiophene rings is 1. The van der Waals surface area contributed by atoms with Gasteiger partial charge in [-0.25, -0.2) is 4.98 Å². The number of imidazole rings is 1. The third kappa shape index (κ3) is 2.97. The van der Waals surface area contributed by atoms with Crippen LogP contribution in [0, 0.1) is 0 Å². The van der Waals surface area contributed by atoms with Crippen molar-refractivity contribution in [3.63, 3.8) is 0 Å². The van der Waals surface area contributed by atoms with E-state index in [-0.39, 0.29) is 0 Å². The van der Waals surface area contributed by atoms with E-state index in [2.05, 4.69) is 28.5 Å². The minimum atomic E-state index is 0.783. The lowest BCUT2D eigenvalue weighted by Gasteiger charge is -2.08. The third-order valence-electron chi connectivity index (χ3n) is 2.74. The van der Waals surface area contributed by atoms with E-state index in [0.717, 1.165) is 22.3 Å². The molecule has 0 fully saturated rings. The predicted molar refractivity (Wildman–Crippen MR) is 80.2 cm³/mol. The second-order valence-electron chi connectivity index (χ2n) is 4.08. The molecule has 0 unspecified atom stereocenters. The SMILES string of the molecule is Clc1ccc(CNc2cccc(-n3ccnc3)c2)s1. The van der Waals surface area contributed by atoms with E-state index in [0.29, 0.717) is 0 Å². The fourth-order valence-electron chi connectivity index (χ4n) is 1.82. The molecule has 0 radical (unpaired) electrons. The van der Waals surface area contributed by atoms with Crippen molar-refractivity contribution in [1.82, 2.24) is 9.55 Å². The first-order valence-corrected chi connectivity index (χ1v) is 7.07. The Morgan fingerprint density at radius 1 is 1.26 bits per heavy atom. The zero-order valence-corrected chi connectivity index (χ0v) is 11.7. The highest BCUT2D eigenvalue weighted by atomic mass is 35.5. The van der Waals surface area contributed by atoms with E-state index in [1.807, 2.05) is 29.0 Å². The van der Waals surface area contributed by atoms with Crippen LogP contribution in [0.15, 0.2) is 55.1 Å². The Hall–Kier alpha value is -1.78. The number of nitrogens with zero attached hydrogens (tertiary/aromatic N) is 2. The van der Waals surface area contributed by atoms with Gasteiger partial charge in [0.2, 0.25) is 0 Å². The Labute approximate surface area is 120 Å². The van der Waals surface area contributed by atoms with Gasteiger partial charge in [0.25, 0.3) is 0 Å². The Kier molecular flexibility index (Phi) is 3.53. The zero-order chi connectivity index (χ0) is 13.1. The van der Waals surface area contributed by atoms with Gasteiger partial charge in [-0.2, -0.15) is 0 Å². The summed E-state index contributed by atoms with van der Waals surface area (Å²) in [7, 11) is 0. The maximum atomic E-state index is 5.92. The molecule has 5 heteroatoms. The summed E-state index contributed by atoms with van der Waals surface area (Å²) in [4.78, 5) is 5.27. The second kappa shape index (κ2) is 5.47. The Bertz CT molecular complexity index is 661. The van der Waals surface area contributed by atoms with E-state index in [4.69, 9.17) is 11.6 Å². The van der Waals surface area contributed by atoms with Crippen molar-refractivity contribution in [2.24, 2.45) is 0 Å². The van der Waals surface area contributed by atoms with Crippen molar-refractivity contribution in [3.8, 4) is 5.69 Å². The fourth-order valence-corrected chi connectivity index (χ4v) is 2.85. The molecule has 0 aliphatic heterocycles. The molecule has 3 aromatic rings. The van der Waals surface area contributed by atoms with E-state index in [1.54, 1.807) is 23.9 Å². The zero-order valence-electron chi connectivity index (χ0n) is 10.1. The fraction of sp³-hybridized carbons (Fsp3) is 0.0714. The number of rotatable bonds is 4. The smallest absolute Gasteiger partial charge is 0.0991 e. The summed E-state index contributed by atoms with van der Waals surface area (Å²) in [6.07, 6.45) is 5.49. The highest BCUT2D eigenvalue weighted by molar-refractivity contribution is 7.16. The quantitative estimate of drug-likeness (QED) is 0.780. The monoisotopic (exact) mass is 289 g/mol. The minimum absolute atomic E-state index is 0.783. The van der Waals surface area contributed by atoms with Gasteiger partial charge in [0.1, 0.15) is 0 Å². The Morgan fingerprint density at radius 3 is 2.95 bits per heavy atom. The van der Waals surface area contributed by atoms with E-state index in [9.17, 15) is 0 Å². The van der Waals surface area contributed by atoms with Crippen LogP contribution in [-0.2, 0) is 6.54 Å². The third-order valence-corrected chi connectivity index (χ3v) is 3.98. The average Bonchev–Trinajstić information content (AvgIpc) is 3.08. The Morgan fingerprint density at radius 2 is 2.21 bits per heavy atom. The highest BCUT2D eigenvalue weighted by Gasteiger charge is 2.00. The van der Waals surface area contributed by atoms with Crippen molar-refractivity contribution in [3.05, 3.63) is 64.3 Å². The Balaban J connectivity index is 1.73. The molecule has 0 spiro atoms. The van der Waals surface area contributed by atoms with Gasteiger partial charge in [0.05, 0.1) is 10.7 Å².